The predicted molar refractivity (Wildman–Crippen MR) is 103 cm³/mol. The molecule has 1 heterocycles. The number of hydrogen-bond acceptors (Lipinski definition) is 4. The van der Waals surface area contributed by atoms with Gasteiger partial charge in [-0.3, -0.25) is 4.79 Å². The maximum absolute atomic E-state index is 12.0. The highest BCUT2D eigenvalue weighted by Gasteiger charge is 2.11. The number of aryl methyl sites for hydroxylation is 2. The number of carbonyl (C=O) groups excluding carboxylic acids is 1. The average Bonchev–Trinajstić information content (AvgIpc) is 2.99. The summed E-state index contributed by atoms with van der Waals surface area (Å²) in [6.07, 6.45) is 1.67. The topological polar surface area (TPSA) is 59.3 Å². The van der Waals surface area contributed by atoms with E-state index in [2.05, 4.69) is 27.0 Å². The quantitative estimate of drug-likeness (QED) is 0.419. The molecule has 6 heteroatoms. The summed E-state index contributed by atoms with van der Waals surface area (Å²) < 4.78 is 2.11. The van der Waals surface area contributed by atoms with Gasteiger partial charge in [-0.15, -0.1) is 0 Å². The van der Waals surface area contributed by atoms with E-state index >= 15 is 0 Å². The van der Waals surface area contributed by atoms with E-state index < -0.39 is 0 Å². The Morgan fingerprint density at radius 3 is 2.80 bits per heavy atom. The fourth-order valence-corrected chi connectivity index (χ4v) is 3.41. The number of thioether (sulfide) groups is 1. The largest absolute Gasteiger partial charge is 0.319 e. The minimum atomic E-state index is -0.149. The fraction of sp³-hybridized carbons (Fsp3) is 0.211. The maximum Gasteiger partial charge on any atom is 0.250 e. The lowest BCUT2D eigenvalue weighted by Gasteiger charge is -2.05. The molecule has 0 atom stereocenters. The van der Waals surface area contributed by atoms with Gasteiger partial charge in [-0.05, 0) is 37.1 Å². The molecule has 2 aromatic carbocycles. The number of fused-ring (bicyclic) bond motifs is 1. The number of hydrazone groups is 1. The fourth-order valence-electron chi connectivity index (χ4n) is 2.54. The zero-order chi connectivity index (χ0) is 17.6. The number of hydrogen-bond donors (Lipinski definition) is 1. The zero-order valence-electron chi connectivity index (χ0n) is 14.3. The van der Waals surface area contributed by atoms with E-state index in [4.69, 9.17) is 0 Å². The third-order valence-corrected chi connectivity index (χ3v) is 4.83. The molecule has 1 N–H and O–H groups in total. The van der Waals surface area contributed by atoms with Gasteiger partial charge in [0.1, 0.15) is 0 Å². The van der Waals surface area contributed by atoms with Crippen molar-refractivity contribution in [3.63, 3.8) is 0 Å². The highest BCUT2D eigenvalue weighted by molar-refractivity contribution is 7.99. The molecule has 0 saturated heterocycles. The van der Waals surface area contributed by atoms with Gasteiger partial charge in [0.05, 0.1) is 23.0 Å². The Labute approximate surface area is 151 Å². The normalized spacial score (nSPS) is 11.3. The van der Waals surface area contributed by atoms with Crippen LogP contribution in [0.4, 0.5) is 0 Å². The lowest BCUT2D eigenvalue weighted by molar-refractivity contribution is -0.118. The molecule has 5 nitrogen and oxygen atoms in total. The molecule has 0 aliphatic rings. The molecule has 1 aromatic heterocycles. The highest BCUT2D eigenvalue weighted by atomic mass is 32.2. The van der Waals surface area contributed by atoms with Gasteiger partial charge in [0.2, 0.25) is 0 Å². The second kappa shape index (κ2) is 7.98. The van der Waals surface area contributed by atoms with Crippen LogP contribution in [0.1, 0.15) is 18.1 Å². The molecule has 0 fully saturated rings. The Balaban J connectivity index is 1.60. The van der Waals surface area contributed by atoms with Crippen molar-refractivity contribution >= 4 is 34.9 Å². The summed E-state index contributed by atoms with van der Waals surface area (Å²) in [7, 11) is 0. The summed E-state index contributed by atoms with van der Waals surface area (Å²) in [5.74, 6) is 0.124. The third kappa shape index (κ3) is 4.09. The second-order valence-corrected chi connectivity index (χ2v) is 6.51. The van der Waals surface area contributed by atoms with Gasteiger partial charge < -0.3 is 4.57 Å². The number of amides is 1. The van der Waals surface area contributed by atoms with Gasteiger partial charge in [0, 0.05) is 6.54 Å². The first kappa shape index (κ1) is 17.2. The molecular weight excluding hydrogens is 332 g/mol. The first-order valence-electron chi connectivity index (χ1n) is 8.14. The van der Waals surface area contributed by atoms with Crippen LogP contribution in [0, 0.1) is 6.92 Å². The molecule has 128 valence electrons. The van der Waals surface area contributed by atoms with Gasteiger partial charge >= 0.3 is 0 Å². The Morgan fingerprint density at radius 2 is 2.00 bits per heavy atom. The number of nitrogens with one attached hydrogen (secondary N) is 1. The van der Waals surface area contributed by atoms with Crippen LogP contribution in [-0.4, -0.2) is 27.4 Å². The zero-order valence-corrected chi connectivity index (χ0v) is 15.1. The molecule has 3 aromatic rings. The SMILES string of the molecule is CCn1c(SCC(=O)N/N=C/c2ccccc2C)nc2ccccc21. The Morgan fingerprint density at radius 1 is 1.24 bits per heavy atom. The molecule has 0 radical (unpaired) electrons. The molecule has 0 bridgehead atoms. The molecule has 3 rings (SSSR count). The van der Waals surface area contributed by atoms with E-state index in [1.54, 1.807) is 6.21 Å². The monoisotopic (exact) mass is 352 g/mol. The molecule has 0 spiro atoms. The van der Waals surface area contributed by atoms with Gasteiger partial charge in [-0.2, -0.15) is 5.10 Å². The lowest BCUT2D eigenvalue weighted by atomic mass is 10.1. The van der Waals surface area contributed by atoms with Gasteiger partial charge in [0.15, 0.2) is 5.16 Å². The average molecular weight is 352 g/mol. The van der Waals surface area contributed by atoms with Crippen LogP contribution in [0.2, 0.25) is 0 Å². The van der Waals surface area contributed by atoms with Crippen molar-refractivity contribution in [1.82, 2.24) is 15.0 Å². The van der Waals surface area contributed by atoms with Crippen LogP contribution in [0.3, 0.4) is 0 Å². The first-order chi connectivity index (χ1) is 12.2. The molecule has 0 unspecified atom stereocenters. The summed E-state index contributed by atoms with van der Waals surface area (Å²) in [6.45, 7) is 4.90. The number of imidazole rings is 1. The van der Waals surface area contributed by atoms with Gasteiger partial charge in [0.25, 0.3) is 5.91 Å². The molecular formula is C19H20N4OS. The number of carbonyl (C=O) groups is 1. The minimum absolute atomic E-state index is 0.149. The molecule has 25 heavy (non-hydrogen) atoms. The maximum atomic E-state index is 12.0. The highest BCUT2D eigenvalue weighted by Crippen LogP contribution is 2.23. The number of nitrogens with zero attached hydrogens (tertiary/aromatic N) is 3. The third-order valence-electron chi connectivity index (χ3n) is 3.85. The van der Waals surface area contributed by atoms with Crippen molar-refractivity contribution in [2.75, 3.05) is 5.75 Å². The number of aromatic nitrogens is 2. The van der Waals surface area contributed by atoms with E-state index in [1.165, 1.54) is 11.8 Å². The summed E-state index contributed by atoms with van der Waals surface area (Å²) in [6, 6.07) is 15.9. The summed E-state index contributed by atoms with van der Waals surface area (Å²) >= 11 is 1.42. The van der Waals surface area contributed by atoms with Crippen LogP contribution < -0.4 is 5.43 Å². The van der Waals surface area contributed by atoms with Crippen molar-refractivity contribution < 1.29 is 4.79 Å². The van der Waals surface area contributed by atoms with Crippen molar-refractivity contribution in [2.45, 2.75) is 25.5 Å². The summed E-state index contributed by atoms with van der Waals surface area (Å²) in [5, 5.41) is 4.88. The molecule has 0 aliphatic heterocycles. The molecule has 0 aliphatic carbocycles. The Kier molecular flexibility index (Phi) is 5.50. The van der Waals surface area contributed by atoms with Gasteiger partial charge in [-0.1, -0.05) is 48.2 Å². The summed E-state index contributed by atoms with van der Waals surface area (Å²) in [4.78, 5) is 16.6. The van der Waals surface area contributed by atoms with Crippen LogP contribution >= 0.6 is 11.8 Å². The van der Waals surface area contributed by atoms with E-state index in [0.717, 1.165) is 33.9 Å². The Bertz CT molecular complexity index is 917. The van der Waals surface area contributed by atoms with Gasteiger partial charge in [-0.25, -0.2) is 10.4 Å². The second-order valence-electron chi connectivity index (χ2n) is 5.57. The van der Waals surface area contributed by atoms with E-state index in [1.807, 2.05) is 55.5 Å². The number of benzene rings is 2. The standard InChI is InChI=1S/C19H20N4OS/c1-3-23-17-11-7-6-10-16(17)21-19(23)25-13-18(24)22-20-12-15-9-5-4-8-14(15)2/h4-12H,3,13H2,1-2H3,(H,22,24)/b20-12+. The van der Waals surface area contributed by atoms with Crippen molar-refractivity contribution in [3.05, 3.63) is 59.7 Å². The predicted octanol–water partition coefficient (Wildman–Crippen LogP) is 3.61. The van der Waals surface area contributed by atoms with Crippen LogP contribution in [0.15, 0.2) is 58.8 Å². The van der Waals surface area contributed by atoms with E-state index in [9.17, 15) is 4.79 Å². The van der Waals surface area contributed by atoms with Crippen LogP contribution in [0.25, 0.3) is 11.0 Å². The van der Waals surface area contributed by atoms with Crippen LogP contribution in [-0.2, 0) is 11.3 Å². The van der Waals surface area contributed by atoms with Crippen molar-refractivity contribution in [3.8, 4) is 0 Å². The van der Waals surface area contributed by atoms with Crippen LogP contribution in [0.5, 0.6) is 0 Å². The number of rotatable bonds is 6. The molecule has 1 amide bonds. The van der Waals surface area contributed by atoms with Crippen molar-refractivity contribution in [1.29, 1.82) is 0 Å². The van der Waals surface area contributed by atoms with Crippen molar-refractivity contribution in [2.24, 2.45) is 5.10 Å². The number of para-hydroxylation sites is 2. The smallest absolute Gasteiger partial charge is 0.250 e. The Hall–Kier alpha value is -2.60. The lowest BCUT2D eigenvalue weighted by Crippen LogP contribution is -2.20. The first-order valence-corrected chi connectivity index (χ1v) is 9.13. The molecule has 0 saturated carbocycles. The summed E-state index contributed by atoms with van der Waals surface area (Å²) in [5.41, 5.74) is 6.72. The van der Waals surface area contributed by atoms with E-state index in [0.29, 0.717) is 0 Å². The minimum Gasteiger partial charge on any atom is -0.319 e. The van der Waals surface area contributed by atoms with E-state index in [-0.39, 0.29) is 11.7 Å².